The molecule has 0 fully saturated rings. The predicted molar refractivity (Wildman–Crippen MR) is 55.9 cm³/mol. The van der Waals surface area contributed by atoms with E-state index in [0.717, 1.165) is 19.5 Å². The van der Waals surface area contributed by atoms with Crippen LogP contribution in [-0.4, -0.2) is 43.8 Å². The lowest BCUT2D eigenvalue weighted by molar-refractivity contribution is -0.138. The van der Waals surface area contributed by atoms with Crippen LogP contribution in [0.2, 0.25) is 0 Å². The first-order valence-corrected chi connectivity index (χ1v) is 5.34. The number of rotatable bonds is 7. The van der Waals surface area contributed by atoms with Crippen LogP contribution in [0.1, 0.15) is 26.7 Å². The lowest BCUT2D eigenvalue weighted by Gasteiger charge is -2.25. The maximum atomic E-state index is 11.9. The van der Waals surface area contributed by atoms with Gasteiger partial charge in [0, 0.05) is 19.1 Å². The average Bonchev–Trinajstić information content (AvgIpc) is 2.13. The molecule has 1 unspecified atom stereocenters. The monoisotopic (exact) mass is 226 g/mol. The van der Waals surface area contributed by atoms with E-state index in [1.165, 1.54) is 0 Å². The molecule has 0 radical (unpaired) electrons. The normalized spacial score (nSPS) is 14.6. The number of hydrogen-bond donors (Lipinski definition) is 1. The Morgan fingerprint density at radius 2 is 1.93 bits per heavy atom. The van der Waals surface area contributed by atoms with E-state index >= 15 is 0 Å². The molecule has 92 valence electrons. The summed E-state index contributed by atoms with van der Waals surface area (Å²) in [5.74, 6) is 0. The van der Waals surface area contributed by atoms with Gasteiger partial charge in [-0.15, -0.1) is 0 Å². The summed E-state index contributed by atoms with van der Waals surface area (Å²) in [7, 11) is 1.73. The van der Waals surface area contributed by atoms with Gasteiger partial charge in [0.25, 0.3) is 0 Å². The van der Waals surface area contributed by atoms with Crippen molar-refractivity contribution in [3.05, 3.63) is 0 Å². The Hall–Kier alpha value is -0.290. The van der Waals surface area contributed by atoms with Crippen molar-refractivity contribution in [2.75, 3.05) is 26.7 Å². The molecule has 0 heterocycles. The van der Waals surface area contributed by atoms with Gasteiger partial charge in [-0.3, -0.25) is 0 Å². The van der Waals surface area contributed by atoms with E-state index in [-0.39, 0.29) is 12.6 Å². The third-order valence-electron chi connectivity index (χ3n) is 2.37. The Morgan fingerprint density at radius 1 is 1.33 bits per heavy atom. The summed E-state index contributed by atoms with van der Waals surface area (Å²) < 4.78 is 35.8. The van der Waals surface area contributed by atoms with Crippen LogP contribution in [0.25, 0.3) is 0 Å². The zero-order valence-electron chi connectivity index (χ0n) is 9.69. The molecule has 0 aromatic heterocycles. The molecule has 0 saturated carbocycles. The molecule has 5 heteroatoms. The van der Waals surface area contributed by atoms with Gasteiger partial charge in [0.1, 0.15) is 0 Å². The average molecular weight is 226 g/mol. The summed E-state index contributed by atoms with van der Waals surface area (Å²) in [5.41, 5.74) is 0. The number of nitrogens with zero attached hydrogens (tertiary/aromatic N) is 1. The summed E-state index contributed by atoms with van der Waals surface area (Å²) in [5, 5.41) is 3.19. The summed E-state index contributed by atoms with van der Waals surface area (Å²) in [6, 6.07) is 0.138. The first-order chi connectivity index (χ1) is 6.87. The quantitative estimate of drug-likeness (QED) is 0.670. The Kier molecular flexibility index (Phi) is 6.92. The van der Waals surface area contributed by atoms with Crippen molar-refractivity contribution in [3.63, 3.8) is 0 Å². The van der Waals surface area contributed by atoms with E-state index < -0.39 is 12.6 Å². The maximum Gasteiger partial charge on any atom is 0.390 e. The molecule has 0 saturated heterocycles. The van der Waals surface area contributed by atoms with Gasteiger partial charge < -0.3 is 10.2 Å². The van der Waals surface area contributed by atoms with Gasteiger partial charge in [-0.2, -0.15) is 13.2 Å². The second-order valence-electron chi connectivity index (χ2n) is 3.90. The highest BCUT2D eigenvalue weighted by Crippen LogP contribution is 2.19. The van der Waals surface area contributed by atoms with E-state index in [2.05, 4.69) is 12.2 Å². The minimum absolute atomic E-state index is 0.0679. The van der Waals surface area contributed by atoms with Crippen molar-refractivity contribution < 1.29 is 13.2 Å². The van der Waals surface area contributed by atoms with Crippen molar-refractivity contribution in [2.45, 2.75) is 38.9 Å². The Bertz CT molecular complexity index is 159. The molecule has 1 atom stereocenters. The van der Waals surface area contributed by atoms with Crippen LogP contribution in [-0.2, 0) is 0 Å². The second kappa shape index (κ2) is 7.06. The number of nitrogens with one attached hydrogen (secondary N) is 1. The van der Waals surface area contributed by atoms with E-state index in [4.69, 9.17) is 0 Å². The molecule has 15 heavy (non-hydrogen) atoms. The fourth-order valence-corrected chi connectivity index (χ4v) is 1.17. The van der Waals surface area contributed by atoms with Crippen LogP contribution in [0.5, 0.6) is 0 Å². The topological polar surface area (TPSA) is 15.3 Å². The number of likely N-dealkylation sites (N-methyl/N-ethyl adjacent to an activating group) is 1. The standard InChI is InChI=1S/C10H21F3N2/c1-4-6-14-8-9(2)15(3)7-5-10(11,12)13/h9,14H,4-8H2,1-3H3. The zero-order valence-corrected chi connectivity index (χ0v) is 9.69. The number of alkyl halides is 3. The number of hydrogen-bond acceptors (Lipinski definition) is 2. The molecule has 0 aliphatic carbocycles. The summed E-state index contributed by atoms with van der Waals surface area (Å²) in [4.78, 5) is 1.73. The highest BCUT2D eigenvalue weighted by molar-refractivity contribution is 4.67. The summed E-state index contributed by atoms with van der Waals surface area (Å²) >= 11 is 0. The third kappa shape index (κ3) is 8.69. The smallest absolute Gasteiger partial charge is 0.315 e. The zero-order chi connectivity index (χ0) is 11.9. The summed E-state index contributed by atoms with van der Waals surface area (Å²) in [6.45, 7) is 5.71. The van der Waals surface area contributed by atoms with Crippen molar-refractivity contribution in [1.29, 1.82) is 0 Å². The van der Waals surface area contributed by atoms with E-state index in [1.54, 1.807) is 11.9 Å². The molecule has 0 rings (SSSR count). The molecular formula is C10H21F3N2. The number of halogens is 3. The molecular weight excluding hydrogens is 205 g/mol. The van der Waals surface area contributed by atoms with Gasteiger partial charge in [-0.1, -0.05) is 6.92 Å². The van der Waals surface area contributed by atoms with E-state index in [0.29, 0.717) is 0 Å². The van der Waals surface area contributed by atoms with Gasteiger partial charge in [-0.25, -0.2) is 0 Å². The second-order valence-corrected chi connectivity index (χ2v) is 3.90. The van der Waals surface area contributed by atoms with Gasteiger partial charge >= 0.3 is 6.18 Å². The van der Waals surface area contributed by atoms with Crippen LogP contribution in [0.15, 0.2) is 0 Å². The van der Waals surface area contributed by atoms with Crippen LogP contribution in [0, 0.1) is 0 Å². The molecule has 2 nitrogen and oxygen atoms in total. The predicted octanol–water partition coefficient (Wildman–Crippen LogP) is 2.26. The van der Waals surface area contributed by atoms with Crippen molar-refractivity contribution in [1.82, 2.24) is 10.2 Å². The Balaban J connectivity index is 3.64. The first kappa shape index (κ1) is 14.7. The van der Waals surface area contributed by atoms with Gasteiger partial charge in [0.15, 0.2) is 0 Å². The minimum Gasteiger partial charge on any atom is -0.315 e. The molecule has 0 spiro atoms. The fourth-order valence-electron chi connectivity index (χ4n) is 1.17. The molecule has 0 bridgehead atoms. The van der Waals surface area contributed by atoms with Crippen LogP contribution in [0.4, 0.5) is 13.2 Å². The van der Waals surface area contributed by atoms with Gasteiger partial charge in [-0.05, 0) is 26.9 Å². The van der Waals surface area contributed by atoms with Gasteiger partial charge in [0.2, 0.25) is 0 Å². The lowest BCUT2D eigenvalue weighted by atomic mass is 10.2. The first-order valence-electron chi connectivity index (χ1n) is 5.34. The highest BCUT2D eigenvalue weighted by atomic mass is 19.4. The molecule has 1 N–H and O–H groups in total. The Labute approximate surface area is 89.8 Å². The van der Waals surface area contributed by atoms with Crippen molar-refractivity contribution >= 4 is 0 Å². The molecule has 0 amide bonds. The minimum atomic E-state index is -4.05. The summed E-state index contributed by atoms with van der Waals surface area (Å²) in [6.07, 6.45) is -3.74. The molecule has 0 aliphatic rings. The highest BCUT2D eigenvalue weighted by Gasteiger charge is 2.27. The fraction of sp³-hybridized carbons (Fsp3) is 1.00. The van der Waals surface area contributed by atoms with E-state index in [1.807, 2.05) is 6.92 Å². The van der Waals surface area contributed by atoms with Crippen LogP contribution < -0.4 is 5.32 Å². The molecule has 0 aliphatic heterocycles. The largest absolute Gasteiger partial charge is 0.390 e. The van der Waals surface area contributed by atoms with Crippen LogP contribution in [0.3, 0.4) is 0 Å². The molecule has 0 aromatic rings. The van der Waals surface area contributed by atoms with Crippen molar-refractivity contribution in [3.8, 4) is 0 Å². The van der Waals surface area contributed by atoms with E-state index in [9.17, 15) is 13.2 Å². The lowest BCUT2D eigenvalue weighted by Crippen LogP contribution is -2.39. The maximum absolute atomic E-state index is 11.9. The molecule has 0 aromatic carbocycles. The van der Waals surface area contributed by atoms with Gasteiger partial charge in [0.05, 0.1) is 6.42 Å². The van der Waals surface area contributed by atoms with Crippen LogP contribution >= 0.6 is 0 Å². The Morgan fingerprint density at radius 3 is 2.40 bits per heavy atom. The SMILES string of the molecule is CCCNCC(C)N(C)CCC(F)(F)F. The third-order valence-corrected chi connectivity index (χ3v) is 2.37. The van der Waals surface area contributed by atoms with Crippen molar-refractivity contribution in [2.24, 2.45) is 0 Å².